The Morgan fingerprint density at radius 1 is 0.462 bits per heavy atom. The monoisotopic (exact) mass is 338 g/mol. The SMILES string of the molecule is NC1(c2ccccc2)C=CC(=C2C=CC(N)(c3ccccc3)C=C2)C=C1. The smallest absolute Gasteiger partial charge is 0.0788 e. The summed E-state index contributed by atoms with van der Waals surface area (Å²) in [7, 11) is 0. The molecule has 0 aliphatic heterocycles. The molecule has 0 saturated carbocycles. The Morgan fingerprint density at radius 3 is 1.08 bits per heavy atom. The molecule has 2 nitrogen and oxygen atoms in total. The molecule has 128 valence electrons. The number of hydrogen-bond donors (Lipinski definition) is 2. The molecule has 0 bridgehead atoms. The molecule has 2 aliphatic carbocycles. The van der Waals surface area contributed by atoms with Crippen molar-refractivity contribution >= 4 is 0 Å². The summed E-state index contributed by atoms with van der Waals surface area (Å²) in [5.74, 6) is 0. The van der Waals surface area contributed by atoms with Gasteiger partial charge in [0, 0.05) is 0 Å². The predicted molar refractivity (Wildman–Crippen MR) is 108 cm³/mol. The molecule has 2 aromatic carbocycles. The van der Waals surface area contributed by atoms with Crippen LogP contribution in [0.15, 0.2) is 120 Å². The predicted octanol–water partition coefficient (Wildman–Crippen LogP) is 4.24. The first-order chi connectivity index (χ1) is 12.6. The van der Waals surface area contributed by atoms with Crippen LogP contribution in [0.25, 0.3) is 0 Å². The zero-order valence-corrected chi connectivity index (χ0v) is 14.5. The molecule has 0 atom stereocenters. The molecule has 4 N–H and O–H groups in total. The molecule has 0 saturated heterocycles. The van der Waals surface area contributed by atoms with Gasteiger partial charge in [-0.3, -0.25) is 0 Å². The largest absolute Gasteiger partial charge is 0.315 e. The first kappa shape index (κ1) is 16.5. The summed E-state index contributed by atoms with van der Waals surface area (Å²) in [4.78, 5) is 0. The van der Waals surface area contributed by atoms with Crippen molar-refractivity contribution in [2.24, 2.45) is 11.5 Å². The van der Waals surface area contributed by atoms with Gasteiger partial charge in [0.1, 0.15) is 0 Å². The van der Waals surface area contributed by atoms with Crippen LogP contribution < -0.4 is 11.5 Å². The third-order valence-corrected chi connectivity index (χ3v) is 5.04. The maximum atomic E-state index is 6.54. The van der Waals surface area contributed by atoms with Crippen molar-refractivity contribution < 1.29 is 0 Å². The van der Waals surface area contributed by atoms with Gasteiger partial charge in [0.05, 0.1) is 11.1 Å². The van der Waals surface area contributed by atoms with Crippen molar-refractivity contribution in [2.45, 2.75) is 11.1 Å². The van der Waals surface area contributed by atoms with Crippen LogP contribution in [0.2, 0.25) is 0 Å². The highest BCUT2D eigenvalue weighted by Gasteiger charge is 2.25. The zero-order chi connectivity index (χ0) is 18.0. The Morgan fingerprint density at radius 2 is 0.769 bits per heavy atom. The average molecular weight is 338 g/mol. The maximum Gasteiger partial charge on any atom is 0.0788 e. The maximum absolute atomic E-state index is 6.54. The standard InChI is InChI=1S/C24H22N2/c25-23(21-7-3-1-4-8-21)15-11-19(12-16-23)20-13-17-24(26,18-14-20)22-9-5-2-6-10-22/h1-18H,25-26H2. The van der Waals surface area contributed by atoms with Crippen molar-refractivity contribution in [3.63, 3.8) is 0 Å². The Hall–Kier alpha value is -2.94. The molecule has 4 rings (SSSR count). The summed E-state index contributed by atoms with van der Waals surface area (Å²) >= 11 is 0. The van der Waals surface area contributed by atoms with Crippen LogP contribution in [-0.4, -0.2) is 0 Å². The Bertz CT molecular complexity index is 833. The summed E-state index contributed by atoms with van der Waals surface area (Å²) in [5.41, 5.74) is 16.4. The summed E-state index contributed by atoms with van der Waals surface area (Å²) in [5, 5.41) is 0. The van der Waals surface area contributed by atoms with E-state index in [1.54, 1.807) is 0 Å². The van der Waals surface area contributed by atoms with Gasteiger partial charge in [-0.25, -0.2) is 0 Å². The summed E-state index contributed by atoms with van der Waals surface area (Å²) in [6.07, 6.45) is 16.5. The summed E-state index contributed by atoms with van der Waals surface area (Å²) < 4.78 is 0. The highest BCUT2D eigenvalue weighted by atomic mass is 14.7. The van der Waals surface area contributed by atoms with E-state index in [-0.39, 0.29) is 0 Å². The van der Waals surface area contributed by atoms with Gasteiger partial charge in [-0.15, -0.1) is 0 Å². The van der Waals surface area contributed by atoms with Gasteiger partial charge in [-0.1, -0.05) is 109 Å². The number of nitrogens with two attached hydrogens (primary N) is 2. The molecule has 0 amide bonds. The van der Waals surface area contributed by atoms with E-state index in [2.05, 4.69) is 48.6 Å². The molecule has 2 aliphatic rings. The Kier molecular flexibility index (Phi) is 4.08. The molecule has 0 unspecified atom stereocenters. The van der Waals surface area contributed by atoms with Crippen molar-refractivity contribution in [2.75, 3.05) is 0 Å². The van der Waals surface area contributed by atoms with Crippen molar-refractivity contribution in [1.82, 2.24) is 0 Å². The molecule has 2 aromatic rings. The molecule has 0 aromatic heterocycles. The molecule has 2 heteroatoms. The first-order valence-corrected chi connectivity index (χ1v) is 8.79. The molecule has 0 heterocycles. The van der Waals surface area contributed by atoms with Crippen LogP contribution in [0.1, 0.15) is 11.1 Å². The van der Waals surface area contributed by atoms with E-state index in [1.807, 2.05) is 60.7 Å². The number of benzene rings is 2. The fraction of sp³-hybridized carbons (Fsp3) is 0.0833. The van der Waals surface area contributed by atoms with E-state index in [1.165, 1.54) is 0 Å². The van der Waals surface area contributed by atoms with Crippen molar-refractivity contribution in [3.8, 4) is 0 Å². The van der Waals surface area contributed by atoms with Gasteiger partial charge in [-0.05, 0) is 22.3 Å². The topological polar surface area (TPSA) is 52.0 Å². The second-order valence-electron chi connectivity index (χ2n) is 6.84. The van der Waals surface area contributed by atoms with E-state index >= 15 is 0 Å². The quantitative estimate of drug-likeness (QED) is 0.860. The fourth-order valence-corrected chi connectivity index (χ4v) is 3.36. The van der Waals surface area contributed by atoms with Gasteiger partial charge in [0.25, 0.3) is 0 Å². The highest BCUT2D eigenvalue weighted by molar-refractivity contribution is 5.56. The van der Waals surface area contributed by atoms with Gasteiger partial charge in [0.15, 0.2) is 0 Å². The minimum atomic E-state index is -0.560. The van der Waals surface area contributed by atoms with Crippen LogP contribution >= 0.6 is 0 Å². The normalized spacial score (nSPS) is 27.2. The van der Waals surface area contributed by atoms with E-state index in [0.29, 0.717) is 0 Å². The van der Waals surface area contributed by atoms with E-state index < -0.39 is 11.1 Å². The fourth-order valence-electron chi connectivity index (χ4n) is 3.36. The summed E-state index contributed by atoms with van der Waals surface area (Å²) in [6, 6.07) is 20.2. The second kappa shape index (κ2) is 6.41. The minimum absolute atomic E-state index is 0.560. The van der Waals surface area contributed by atoms with Crippen LogP contribution in [0.3, 0.4) is 0 Å². The van der Waals surface area contributed by atoms with Crippen LogP contribution in [-0.2, 0) is 11.1 Å². The minimum Gasteiger partial charge on any atom is -0.315 e. The number of rotatable bonds is 2. The highest BCUT2D eigenvalue weighted by Crippen LogP contribution is 2.31. The second-order valence-corrected chi connectivity index (χ2v) is 6.84. The molecule has 0 fully saturated rings. The lowest BCUT2D eigenvalue weighted by molar-refractivity contribution is 0.703. The van der Waals surface area contributed by atoms with E-state index in [0.717, 1.165) is 22.3 Å². The van der Waals surface area contributed by atoms with Gasteiger partial charge < -0.3 is 11.5 Å². The van der Waals surface area contributed by atoms with Crippen molar-refractivity contribution in [1.29, 1.82) is 0 Å². The molecule has 0 spiro atoms. The van der Waals surface area contributed by atoms with Gasteiger partial charge in [0.2, 0.25) is 0 Å². The number of hydrogen-bond acceptors (Lipinski definition) is 2. The van der Waals surface area contributed by atoms with Crippen LogP contribution in [0.5, 0.6) is 0 Å². The van der Waals surface area contributed by atoms with Crippen molar-refractivity contribution in [3.05, 3.63) is 132 Å². The third-order valence-electron chi connectivity index (χ3n) is 5.04. The molecular formula is C24H22N2. The third kappa shape index (κ3) is 3.01. The molecular weight excluding hydrogens is 316 g/mol. The number of allylic oxidation sites excluding steroid dienone is 6. The van der Waals surface area contributed by atoms with Gasteiger partial charge >= 0.3 is 0 Å². The van der Waals surface area contributed by atoms with E-state index in [4.69, 9.17) is 11.5 Å². The summed E-state index contributed by atoms with van der Waals surface area (Å²) in [6.45, 7) is 0. The molecule has 26 heavy (non-hydrogen) atoms. The average Bonchev–Trinajstić information content (AvgIpc) is 2.71. The molecule has 0 radical (unpaired) electrons. The van der Waals surface area contributed by atoms with Crippen LogP contribution in [0.4, 0.5) is 0 Å². The Labute approximate surface area is 154 Å². The zero-order valence-electron chi connectivity index (χ0n) is 14.5. The van der Waals surface area contributed by atoms with Gasteiger partial charge in [-0.2, -0.15) is 0 Å². The van der Waals surface area contributed by atoms with E-state index in [9.17, 15) is 0 Å². The lowest BCUT2D eigenvalue weighted by Crippen LogP contribution is -2.33. The lowest BCUT2D eigenvalue weighted by atomic mass is 9.82. The lowest BCUT2D eigenvalue weighted by Gasteiger charge is -2.28. The van der Waals surface area contributed by atoms with Crippen LogP contribution in [0, 0.1) is 0 Å². The first-order valence-electron chi connectivity index (χ1n) is 8.79. The Balaban J connectivity index is 1.60.